The van der Waals surface area contributed by atoms with E-state index in [9.17, 15) is 4.79 Å². The molecule has 0 aliphatic heterocycles. The van der Waals surface area contributed by atoms with Gasteiger partial charge in [0.1, 0.15) is 11.7 Å². The minimum atomic E-state index is -0.147. The van der Waals surface area contributed by atoms with Crippen LogP contribution in [-0.2, 0) is 13.1 Å². The van der Waals surface area contributed by atoms with Gasteiger partial charge in [0.05, 0.1) is 18.7 Å². The standard InChI is InChI=1S/C18H22ClN3O/c1-3-22(4-2)13-15-7-5-14(6-8-15)11-21-18(23)16-9-10-17(19)20-12-16/h5-10,12H,3-4,11,13H2,1-2H3,(H,21,23)/p+1. The van der Waals surface area contributed by atoms with Crippen LogP contribution in [0.15, 0.2) is 42.6 Å². The summed E-state index contributed by atoms with van der Waals surface area (Å²) in [5.41, 5.74) is 2.91. The van der Waals surface area contributed by atoms with E-state index >= 15 is 0 Å². The van der Waals surface area contributed by atoms with Crippen molar-refractivity contribution in [3.05, 3.63) is 64.4 Å². The molecule has 4 nitrogen and oxygen atoms in total. The Morgan fingerprint density at radius 3 is 2.30 bits per heavy atom. The second-order valence-corrected chi connectivity index (χ2v) is 5.89. The maximum absolute atomic E-state index is 12.0. The van der Waals surface area contributed by atoms with E-state index in [0.717, 1.165) is 25.2 Å². The summed E-state index contributed by atoms with van der Waals surface area (Å²) in [6, 6.07) is 11.7. The minimum absolute atomic E-state index is 0.147. The van der Waals surface area contributed by atoms with Crippen LogP contribution in [0.2, 0.25) is 5.15 Å². The van der Waals surface area contributed by atoms with Gasteiger partial charge in [-0.2, -0.15) is 0 Å². The zero-order valence-corrected chi connectivity index (χ0v) is 14.4. The van der Waals surface area contributed by atoms with Gasteiger partial charge in [-0.15, -0.1) is 0 Å². The molecule has 0 aliphatic carbocycles. The van der Waals surface area contributed by atoms with Crippen molar-refractivity contribution >= 4 is 17.5 Å². The third-order valence-electron chi connectivity index (χ3n) is 3.92. The third-order valence-corrected chi connectivity index (χ3v) is 4.14. The van der Waals surface area contributed by atoms with Crippen LogP contribution in [0.5, 0.6) is 0 Å². The van der Waals surface area contributed by atoms with Gasteiger partial charge in [-0.1, -0.05) is 35.9 Å². The fraction of sp³-hybridized carbons (Fsp3) is 0.333. The quantitative estimate of drug-likeness (QED) is 0.763. The summed E-state index contributed by atoms with van der Waals surface area (Å²) in [6.07, 6.45) is 1.48. The maximum atomic E-state index is 12.0. The number of hydrogen-bond acceptors (Lipinski definition) is 2. The molecule has 0 saturated heterocycles. The molecule has 1 aromatic carbocycles. The lowest BCUT2D eigenvalue weighted by molar-refractivity contribution is -0.910. The van der Waals surface area contributed by atoms with E-state index in [1.807, 2.05) is 0 Å². The highest BCUT2D eigenvalue weighted by atomic mass is 35.5. The van der Waals surface area contributed by atoms with Crippen LogP contribution in [0.1, 0.15) is 35.3 Å². The van der Waals surface area contributed by atoms with Crippen LogP contribution in [0, 0.1) is 0 Å². The largest absolute Gasteiger partial charge is 0.348 e. The molecular weight excluding hydrogens is 310 g/mol. The van der Waals surface area contributed by atoms with Gasteiger partial charge < -0.3 is 10.2 Å². The zero-order chi connectivity index (χ0) is 16.7. The van der Waals surface area contributed by atoms with Crippen molar-refractivity contribution in [1.82, 2.24) is 10.3 Å². The Bertz CT molecular complexity index is 622. The van der Waals surface area contributed by atoms with E-state index in [-0.39, 0.29) is 5.91 Å². The predicted octanol–water partition coefficient (Wildman–Crippen LogP) is 2.09. The Balaban J connectivity index is 1.88. The fourth-order valence-corrected chi connectivity index (χ4v) is 2.47. The number of amides is 1. The number of carbonyl (C=O) groups is 1. The van der Waals surface area contributed by atoms with Crippen LogP contribution >= 0.6 is 11.6 Å². The average molecular weight is 333 g/mol. The number of halogens is 1. The lowest BCUT2D eigenvalue weighted by Crippen LogP contribution is -3.10. The van der Waals surface area contributed by atoms with E-state index in [2.05, 4.69) is 48.4 Å². The van der Waals surface area contributed by atoms with Crippen LogP contribution in [0.3, 0.4) is 0 Å². The Morgan fingerprint density at radius 1 is 1.09 bits per heavy atom. The van der Waals surface area contributed by atoms with Gasteiger partial charge in [-0.25, -0.2) is 4.98 Å². The first-order valence-electron chi connectivity index (χ1n) is 7.93. The van der Waals surface area contributed by atoms with Gasteiger partial charge in [0.2, 0.25) is 0 Å². The first-order chi connectivity index (χ1) is 11.1. The Hall–Kier alpha value is -1.91. The molecule has 0 aliphatic rings. The number of rotatable bonds is 7. The molecule has 23 heavy (non-hydrogen) atoms. The van der Waals surface area contributed by atoms with E-state index in [4.69, 9.17) is 11.6 Å². The van der Waals surface area contributed by atoms with Crippen molar-refractivity contribution in [2.24, 2.45) is 0 Å². The van der Waals surface area contributed by atoms with Gasteiger partial charge in [0.25, 0.3) is 5.91 Å². The molecule has 0 unspecified atom stereocenters. The predicted molar refractivity (Wildman–Crippen MR) is 92.6 cm³/mol. The molecule has 5 heteroatoms. The Morgan fingerprint density at radius 2 is 1.74 bits per heavy atom. The summed E-state index contributed by atoms with van der Waals surface area (Å²) >= 11 is 5.72. The molecule has 1 aromatic heterocycles. The van der Waals surface area contributed by atoms with Gasteiger partial charge in [-0.05, 0) is 31.5 Å². The van der Waals surface area contributed by atoms with Gasteiger partial charge in [0, 0.05) is 18.3 Å². The van der Waals surface area contributed by atoms with Gasteiger partial charge in [0.15, 0.2) is 0 Å². The number of nitrogens with zero attached hydrogens (tertiary/aromatic N) is 1. The van der Waals surface area contributed by atoms with E-state index in [1.54, 1.807) is 17.0 Å². The van der Waals surface area contributed by atoms with Crippen molar-refractivity contribution in [2.75, 3.05) is 13.1 Å². The Labute approximate surface area is 142 Å². The monoisotopic (exact) mass is 332 g/mol. The number of pyridine rings is 1. The molecule has 0 atom stereocenters. The lowest BCUT2D eigenvalue weighted by Gasteiger charge is -2.15. The highest BCUT2D eigenvalue weighted by molar-refractivity contribution is 6.29. The summed E-state index contributed by atoms with van der Waals surface area (Å²) in [7, 11) is 0. The smallest absolute Gasteiger partial charge is 0.253 e. The normalized spacial score (nSPS) is 10.8. The van der Waals surface area contributed by atoms with Crippen molar-refractivity contribution in [3.8, 4) is 0 Å². The summed E-state index contributed by atoms with van der Waals surface area (Å²) in [5, 5.41) is 3.27. The first kappa shape index (κ1) is 17.4. The highest BCUT2D eigenvalue weighted by Crippen LogP contribution is 2.07. The molecule has 0 spiro atoms. The molecule has 122 valence electrons. The van der Waals surface area contributed by atoms with Crippen LogP contribution in [0.25, 0.3) is 0 Å². The lowest BCUT2D eigenvalue weighted by atomic mass is 10.1. The molecule has 1 heterocycles. The summed E-state index contributed by atoms with van der Waals surface area (Å²) in [4.78, 5) is 17.5. The second kappa shape index (κ2) is 8.65. The van der Waals surface area contributed by atoms with Crippen molar-refractivity contribution in [3.63, 3.8) is 0 Å². The average Bonchev–Trinajstić information content (AvgIpc) is 2.59. The molecule has 2 N–H and O–H groups in total. The van der Waals surface area contributed by atoms with E-state index < -0.39 is 0 Å². The van der Waals surface area contributed by atoms with Crippen molar-refractivity contribution in [1.29, 1.82) is 0 Å². The second-order valence-electron chi connectivity index (χ2n) is 5.50. The number of aromatic nitrogens is 1. The van der Waals surface area contributed by atoms with Crippen molar-refractivity contribution in [2.45, 2.75) is 26.9 Å². The van der Waals surface area contributed by atoms with Gasteiger partial charge >= 0.3 is 0 Å². The SMILES string of the molecule is CC[NH+](CC)Cc1ccc(CNC(=O)c2ccc(Cl)nc2)cc1. The summed E-state index contributed by atoms with van der Waals surface area (Å²) in [6.45, 7) is 8.20. The Kier molecular flexibility index (Phi) is 6.56. The van der Waals surface area contributed by atoms with Crippen LogP contribution < -0.4 is 10.2 Å². The number of nitrogens with one attached hydrogen (secondary N) is 2. The molecule has 0 radical (unpaired) electrons. The zero-order valence-electron chi connectivity index (χ0n) is 13.6. The van der Waals surface area contributed by atoms with Gasteiger partial charge in [-0.3, -0.25) is 4.79 Å². The number of quaternary nitrogens is 1. The first-order valence-corrected chi connectivity index (χ1v) is 8.31. The molecule has 0 saturated carbocycles. The summed E-state index contributed by atoms with van der Waals surface area (Å²) in [5.74, 6) is -0.147. The number of hydrogen-bond donors (Lipinski definition) is 2. The van der Waals surface area contributed by atoms with E-state index in [0.29, 0.717) is 17.3 Å². The van der Waals surface area contributed by atoms with Crippen LogP contribution in [0.4, 0.5) is 0 Å². The maximum Gasteiger partial charge on any atom is 0.253 e. The highest BCUT2D eigenvalue weighted by Gasteiger charge is 2.07. The molecule has 0 fully saturated rings. The van der Waals surface area contributed by atoms with Crippen molar-refractivity contribution < 1.29 is 9.69 Å². The molecular formula is C18H23ClN3O+. The molecule has 0 bridgehead atoms. The molecule has 2 aromatic rings. The minimum Gasteiger partial charge on any atom is -0.348 e. The van der Waals surface area contributed by atoms with Crippen LogP contribution in [-0.4, -0.2) is 24.0 Å². The summed E-state index contributed by atoms with van der Waals surface area (Å²) < 4.78 is 0. The topological polar surface area (TPSA) is 46.4 Å². The number of carbonyl (C=O) groups excluding carboxylic acids is 1. The fourth-order valence-electron chi connectivity index (χ4n) is 2.36. The number of benzene rings is 1. The van der Waals surface area contributed by atoms with E-state index in [1.165, 1.54) is 11.8 Å². The molecule has 1 amide bonds. The third kappa shape index (κ3) is 5.34. The molecule has 2 rings (SSSR count).